The van der Waals surface area contributed by atoms with Crippen molar-refractivity contribution in [3.8, 4) is 33.8 Å². The van der Waals surface area contributed by atoms with Crippen molar-refractivity contribution in [1.82, 2.24) is 29.7 Å². The molecule has 0 atom stereocenters. The second-order valence-corrected chi connectivity index (χ2v) is 19.8. The van der Waals surface area contributed by atoms with E-state index in [-0.39, 0.29) is 23.9 Å². The van der Waals surface area contributed by atoms with Crippen molar-refractivity contribution in [2.45, 2.75) is 38.5 Å². The molecular formula is C60H62N12O6. The monoisotopic (exact) mass is 1050 g/mol. The molecule has 0 radical (unpaired) electrons. The summed E-state index contributed by atoms with van der Waals surface area (Å²) in [6, 6.07) is 39.3. The molecule has 2 saturated heterocycles. The molecule has 2 aliphatic heterocycles. The van der Waals surface area contributed by atoms with Crippen molar-refractivity contribution < 1.29 is 28.6 Å². The molecular weight excluding hydrogens is 985 g/mol. The molecule has 0 bridgehead atoms. The molecule has 10 rings (SSSR count). The first-order valence-electron chi connectivity index (χ1n) is 25.3. The number of hydrogen-bond acceptors (Lipinski definition) is 15. The van der Waals surface area contributed by atoms with Crippen molar-refractivity contribution in [3.05, 3.63) is 159 Å². The number of nitrogens with one attached hydrogen (secondary N) is 6. The van der Waals surface area contributed by atoms with E-state index in [1.807, 2.05) is 142 Å². The minimum absolute atomic E-state index is 0.117. The standard InChI is InChI=1S/C32H34N6O4.C28H28N6O2/c1-6-28(39)35-22-11-7-9-20(15-22)25-12-8-10-21-17-33-30(37-29(21)25)36-26-14-13-23(16-27(26)41-5)34-24-18-38(19-24)31(40)42-32(2,3)4;1-4-26(35)31-20-9-5-7-18(13-20)23-10-6-8-19-15-29-28(33-27(19)23)32-24-12-11-21(14-25(24)36-3)30-22-16-34(2)17-22/h6-17,24,34H,1,18-19H2,2-5H3,(H,35,39)(H,33,36,37);4-15,22,30H,1,16-17H2,2-3H3,(H,31,35)(H,29,32,33). The summed E-state index contributed by atoms with van der Waals surface area (Å²) in [5.74, 6) is 1.67. The van der Waals surface area contributed by atoms with Crippen LogP contribution in [0.25, 0.3) is 44.1 Å². The van der Waals surface area contributed by atoms with E-state index >= 15 is 0 Å². The van der Waals surface area contributed by atoms with Gasteiger partial charge < -0.3 is 55.9 Å². The molecule has 0 spiro atoms. The number of fused-ring (bicyclic) bond motifs is 2. The zero-order valence-corrected chi connectivity index (χ0v) is 44.4. The lowest BCUT2D eigenvalue weighted by Gasteiger charge is -2.40. The molecule has 2 fully saturated rings. The van der Waals surface area contributed by atoms with Gasteiger partial charge in [-0.2, -0.15) is 0 Å². The number of amides is 3. The van der Waals surface area contributed by atoms with Crippen molar-refractivity contribution in [2.24, 2.45) is 0 Å². The first kappa shape index (κ1) is 53.3. The Morgan fingerprint density at radius 2 is 1.04 bits per heavy atom. The predicted molar refractivity (Wildman–Crippen MR) is 310 cm³/mol. The minimum Gasteiger partial charge on any atom is -0.494 e. The van der Waals surface area contributed by atoms with Gasteiger partial charge in [0, 0.05) is 95.4 Å². The second-order valence-electron chi connectivity index (χ2n) is 19.8. The molecule has 3 amide bonds. The molecule has 2 aromatic heterocycles. The summed E-state index contributed by atoms with van der Waals surface area (Å²) in [6.45, 7) is 15.8. The Balaban J connectivity index is 0.000000192. The van der Waals surface area contributed by atoms with Crippen LogP contribution in [-0.2, 0) is 14.3 Å². The van der Waals surface area contributed by atoms with E-state index in [0.29, 0.717) is 59.6 Å². The van der Waals surface area contributed by atoms with Gasteiger partial charge in [0.25, 0.3) is 0 Å². The number of carbonyl (C=O) groups excluding carboxylic acids is 3. The molecule has 18 nitrogen and oxygen atoms in total. The maximum atomic E-state index is 12.2. The lowest BCUT2D eigenvalue weighted by Crippen LogP contribution is -2.57. The molecule has 6 N–H and O–H groups in total. The first-order chi connectivity index (χ1) is 37.6. The fourth-order valence-electron chi connectivity index (χ4n) is 8.93. The maximum absolute atomic E-state index is 12.2. The molecule has 18 heteroatoms. The zero-order chi connectivity index (χ0) is 54.9. The summed E-state index contributed by atoms with van der Waals surface area (Å²) >= 11 is 0. The number of methoxy groups -OCH3 is 2. The van der Waals surface area contributed by atoms with E-state index in [2.05, 4.69) is 67.0 Å². The van der Waals surface area contributed by atoms with Gasteiger partial charge in [-0.05, 0) is 99.6 Å². The summed E-state index contributed by atoms with van der Waals surface area (Å²) < 4.78 is 16.7. The van der Waals surface area contributed by atoms with Gasteiger partial charge in [-0.1, -0.05) is 73.8 Å². The smallest absolute Gasteiger partial charge is 0.410 e. The van der Waals surface area contributed by atoms with Crippen LogP contribution < -0.4 is 41.4 Å². The summed E-state index contributed by atoms with van der Waals surface area (Å²) in [7, 11) is 5.37. The van der Waals surface area contributed by atoms with Crippen LogP contribution >= 0.6 is 0 Å². The van der Waals surface area contributed by atoms with Crippen LogP contribution in [-0.4, -0.2) is 113 Å². The molecule has 0 unspecified atom stereocenters. The SMILES string of the molecule is C=CC(=O)Nc1cccc(-c2cccc3cnc(Nc4ccc(NC5CN(C(=O)OC(C)(C)C)C5)cc4OC)nc23)c1.C=CC(=O)Nc1cccc(-c2cccc3cnc(Nc4ccc(NC5CN(C)C5)cc4OC)nc23)c1. The number of carbonyl (C=O) groups is 3. The third-order valence-electron chi connectivity index (χ3n) is 12.7. The Bertz CT molecular complexity index is 3530. The van der Waals surface area contributed by atoms with Gasteiger partial charge in [-0.25, -0.2) is 24.7 Å². The summed E-state index contributed by atoms with van der Waals surface area (Å²) in [6.07, 6.45) is 5.75. The average molecular weight is 1050 g/mol. The van der Waals surface area contributed by atoms with Crippen molar-refractivity contribution in [1.29, 1.82) is 0 Å². The highest BCUT2D eigenvalue weighted by molar-refractivity contribution is 6.01. The number of anilines is 8. The van der Waals surface area contributed by atoms with E-state index in [0.717, 1.165) is 74.2 Å². The highest BCUT2D eigenvalue weighted by atomic mass is 16.6. The number of aromatic nitrogens is 4. The normalized spacial score (nSPS) is 13.4. The van der Waals surface area contributed by atoms with E-state index < -0.39 is 5.60 Å². The predicted octanol–water partition coefficient (Wildman–Crippen LogP) is 11.1. The second kappa shape index (κ2) is 23.6. The van der Waals surface area contributed by atoms with Gasteiger partial charge in [-0.15, -0.1) is 0 Å². The van der Waals surface area contributed by atoms with Crippen LogP contribution in [0.5, 0.6) is 11.5 Å². The third-order valence-corrected chi connectivity index (χ3v) is 12.7. The lowest BCUT2D eigenvalue weighted by atomic mass is 10.0. The largest absolute Gasteiger partial charge is 0.494 e. The number of likely N-dealkylation sites (N-methyl/N-ethyl adjacent to an activating group) is 1. The van der Waals surface area contributed by atoms with Crippen LogP contribution in [0.2, 0.25) is 0 Å². The van der Waals surface area contributed by atoms with E-state index in [4.69, 9.17) is 24.2 Å². The Hall–Kier alpha value is -9.55. The number of para-hydroxylation sites is 2. The Morgan fingerprint density at radius 1 is 0.590 bits per heavy atom. The molecule has 78 heavy (non-hydrogen) atoms. The number of ether oxygens (including phenoxy) is 3. The van der Waals surface area contributed by atoms with E-state index in [9.17, 15) is 14.4 Å². The van der Waals surface area contributed by atoms with Gasteiger partial charge in [0.05, 0.1) is 48.7 Å². The van der Waals surface area contributed by atoms with E-state index in [1.54, 1.807) is 31.5 Å². The van der Waals surface area contributed by atoms with Gasteiger partial charge in [0.15, 0.2) is 0 Å². The Kier molecular flexibility index (Phi) is 16.1. The van der Waals surface area contributed by atoms with Gasteiger partial charge in [-0.3, -0.25) is 9.59 Å². The number of likely N-dealkylation sites (tertiary alicyclic amines) is 2. The molecule has 0 aliphatic carbocycles. The number of rotatable bonds is 16. The van der Waals surface area contributed by atoms with Gasteiger partial charge in [0.1, 0.15) is 17.1 Å². The van der Waals surface area contributed by atoms with Crippen LogP contribution in [0, 0.1) is 0 Å². The summed E-state index contributed by atoms with van der Waals surface area (Å²) in [4.78, 5) is 58.4. The highest BCUT2D eigenvalue weighted by Gasteiger charge is 2.34. The van der Waals surface area contributed by atoms with Crippen LogP contribution in [0.1, 0.15) is 20.8 Å². The Morgan fingerprint density at radius 3 is 1.46 bits per heavy atom. The van der Waals surface area contributed by atoms with Gasteiger partial charge in [0.2, 0.25) is 23.7 Å². The number of benzene rings is 6. The molecule has 4 heterocycles. The van der Waals surface area contributed by atoms with Crippen LogP contribution in [0.4, 0.5) is 50.8 Å². The molecule has 2 aliphatic rings. The summed E-state index contributed by atoms with van der Waals surface area (Å²) in [5, 5.41) is 21.0. The van der Waals surface area contributed by atoms with Crippen molar-refractivity contribution >= 4 is 85.7 Å². The molecule has 6 aromatic carbocycles. The van der Waals surface area contributed by atoms with Crippen LogP contribution in [0.3, 0.4) is 0 Å². The third kappa shape index (κ3) is 13.1. The molecule has 0 saturated carbocycles. The molecule has 398 valence electrons. The van der Waals surface area contributed by atoms with E-state index in [1.165, 1.54) is 12.2 Å². The summed E-state index contributed by atoms with van der Waals surface area (Å²) in [5.41, 5.74) is 9.45. The number of nitrogens with zero attached hydrogens (tertiary/aromatic N) is 6. The zero-order valence-electron chi connectivity index (χ0n) is 44.4. The van der Waals surface area contributed by atoms with Gasteiger partial charge >= 0.3 is 6.09 Å². The number of hydrogen-bond donors (Lipinski definition) is 6. The fourth-order valence-corrected chi connectivity index (χ4v) is 8.93. The maximum Gasteiger partial charge on any atom is 0.410 e. The fraction of sp³-hybridized carbons (Fsp3) is 0.217. The van der Waals surface area contributed by atoms with Crippen molar-refractivity contribution in [2.75, 3.05) is 79.3 Å². The topological polar surface area (TPSA) is 209 Å². The average Bonchev–Trinajstić information content (AvgIpc) is 3.44. The van der Waals surface area contributed by atoms with Crippen molar-refractivity contribution in [3.63, 3.8) is 0 Å². The highest BCUT2D eigenvalue weighted by Crippen LogP contribution is 2.36. The minimum atomic E-state index is -0.516. The quantitative estimate of drug-likeness (QED) is 0.0497. The Labute approximate surface area is 453 Å². The van der Waals surface area contributed by atoms with Crippen LogP contribution in [0.15, 0.2) is 159 Å². The molecule has 8 aromatic rings. The lowest BCUT2D eigenvalue weighted by molar-refractivity contribution is -0.112. The first-order valence-corrected chi connectivity index (χ1v) is 25.3.